The Morgan fingerprint density at radius 2 is 1.78 bits per heavy atom. The highest BCUT2D eigenvalue weighted by molar-refractivity contribution is 5.89. The number of piperidine rings is 1. The molecule has 0 aliphatic carbocycles. The first-order valence-corrected chi connectivity index (χ1v) is 9.57. The fourth-order valence-electron chi connectivity index (χ4n) is 3.56. The molecule has 2 heterocycles. The summed E-state index contributed by atoms with van der Waals surface area (Å²) < 4.78 is 5.35. The molecule has 2 aliphatic rings. The fraction of sp³-hybridized carbons (Fsp3) is 0.579. The lowest BCUT2D eigenvalue weighted by molar-refractivity contribution is -0.137. The van der Waals surface area contributed by atoms with Crippen molar-refractivity contribution in [3.63, 3.8) is 0 Å². The van der Waals surface area contributed by atoms with Crippen LogP contribution in [0.5, 0.6) is 5.75 Å². The third-order valence-corrected chi connectivity index (χ3v) is 5.12. The maximum absolute atomic E-state index is 12.5. The number of aliphatic carboxylic acids is 1. The Bertz CT molecular complexity index is 623. The molecule has 148 valence electrons. The second-order valence-electron chi connectivity index (χ2n) is 6.95. The quantitative estimate of drug-likeness (QED) is 0.696. The lowest BCUT2D eigenvalue weighted by Crippen LogP contribution is -2.54. The first-order chi connectivity index (χ1) is 13.1. The molecule has 2 fully saturated rings. The number of amides is 2. The van der Waals surface area contributed by atoms with E-state index >= 15 is 0 Å². The van der Waals surface area contributed by atoms with Gasteiger partial charge in [0.15, 0.2) is 0 Å². The van der Waals surface area contributed by atoms with Crippen LogP contribution in [0.3, 0.4) is 0 Å². The van der Waals surface area contributed by atoms with Crippen LogP contribution in [0.15, 0.2) is 24.3 Å². The lowest BCUT2D eigenvalue weighted by atomic mass is 10.0. The molecule has 3 rings (SSSR count). The van der Waals surface area contributed by atoms with E-state index in [1.54, 1.807) is 24.3 Å². The van der Waals surface area contributed by atoms with E-state index in [1.807, 2.05) is 4.90 Å². The average Bonchev–Trinajstić information content (AvgIpc) is 2.70. The number of benzene rings is 1. The van der Waals surface area contributed by atoms with E-state index in [4.69, 9.17) is 9.84 Å². The minimum Gasteiger partial charge on any atom is -0.493 e. The van der Waals surface area contributed by atoms with Crippen LogP contribution in [0.1, 0.15) is 19.3 Å². The molecule has 1 aromatic carbocycles. The van der Waals surface area contributed by atoms with Gasteiger partial charge in [-0.1, -0.05) is 0 Å². The molecule has 8 nitrogen and oxygen atoms in total. The molecule has 0 aromatic heterocycles. The van der Waals surface area contributed by atoms with Crippen LogP contribution in [0.2, 0.25) is 0 Å². The molecule has 0 unspecified atom stereocenters. The molecule has 0 spiro atoms. The molecule has 2 saturated heterocycles. The number of nitrogens with one attached hydrogen (secondary N) is 2. The number of ether oxygens (including phenoxy) is 1. The zero-order valence-electron chi connectivity index (χ0n) is 15.5. The number of carboxylic acid groups (broad SMARTS) is 1. The smallest absolute Gasteiger partial charge is 0.321 e. The molecule has 0 bridgehead atoms. The number of anilines is 1. The van der Waals surface area contributed by atoms with Crippen LogP contribution in [0.25, 0.3) is 0 Å². The van der Waals surface area contributed by atoms with Gasteiger partial charge in [-0.05, 0) is 50.2 Å². The monoisotopic (exact) mass is 376 g/mol. The molecule has 3 N–H and O–H groups in total. The number of urea groups is 1. The predicted molar refractivity (Wildman–Crippen MR) is 102 cm³/mol. The van der Waals surface area contributed by atoms with Crippen LogP contribution in [0, 0.1) is 0 Å². The fourth-order valence-corrected chi connectivity index (χ4v) is 3.56. The number of rotatable bonds is 6. The summed E-state index contributed by atoms with van der Waals surface area (Å²) in [5, 5.41) is 14.9. The van der Waals surface area contributed by atoms with Crippen molar-refractivity contribution >= 4 is 17.7 Å². The van der Waals surface area contributed by atoms with Gasteiger partial charge in [-0.25, -0.2) is 4.79 Å². The summed E-state index contributed by atoms with van der Waals surface area (Å²) in [6, 6.07) is 7.54. The van der Waals surface area contributed by atoms with Crippen molar-refractivity contribution in [3.8, 4) is 5.75 Å². The van der Waals surface area contributed by atoms with Gasteiger partial charge < -0.3 is 25.4 Å². The summed E-state index contributed by atoms with van der Waals surface area (Å²) in [6.45, 7) is 5.63. The van der Waals surface area contributed by atoms with E-state index in [1.165, 1.54) is 12.8 Å². The van der Waals surface area contributed by atoms with Crippen molar-refractivity contribution in [1.82, 2.24) is 15.1 Å². The minimum absolute atomic E-state index is 0.0398. The second kappa shape index (κ2) is 9.57. The van der Waals surface area contributed by atoms with Gasteiger partial charge in [0.2, 0.25) is 0 Å². The standard InChI is InChI=1S/C19H28N4O4/c24-18(25)7-14-27-17-3-1-15(2-4-17)21-19(26)23-12-10-22(11-13-23)16-5-8-20-9-6-16/h1-4,16,20H,5-14H2,(H,21,26)(H,24,25). The maximum atomic E-state index is 12.5. The molecule has 0 radical (unpaired) electrons. The van der Waals surface area contributed by atoms with Crippen LogP contribution >= 0.6 is 0 Å². The van der Waals surface area contributed by atoms with E-state index in [9.17, 15) is 9.59 Å². The van der Waals surface area contributed by atoms with E-state index in [0.717, 1.165) is 39.3 Å². The Balaban J connectivity index is 1.42. The summed E-state index contributed by atoms with van der Waals surface area (Å²) in [7, 11) is 0. The Labute approximate surface area is 159 Å². The van der Waals surface area contributed by atoms with E-state index < -0.39 is 5.97 Å². The van der Waals surface area contributed by atoms with Gasteiger partial charge in [0.25, 0.3) is 0 Å². The molecule has 27 heavy (non-hydrogen) atoms. The third-order valence-electron chi connectivity index (χ3n) is 5.12. The van der Waals surface area contributed by atoms with E-state index in [-0.39, 0.29) is 19.1 Å². The van der Waals surface area contributed by atoms with Gasteiger partial charge in [0.1, 0.15) is 5.75 Å². The SMILES string of the molecule is O=C(O)CCOc1ccc(NC(=O)N2CCN(C3CCNCC3)CC2)cc1. The number of nitrogens with zero attached hydrogens (tertiary/aromatic N) is 2. The highest BCUT2D eigenvalue weighted by Crippen LogP contribution is 2.18. The largest absolute Gasteiger partial charge is 0.493 e. The molecule has 2 amide bonds. The van der Waals surface area contributed by atoms with Gasteiger partial charge in [-0.2, -0.15) is 0 Å². The molecular weight excluding hydrogens is 348 g/mol. The number of hydrogen-bond acceptors (Lipinski definition) is 5. The number of piperazine rings is 1. The van der Waals surface area contributed by atoms with Crippen molar-refractivity contribution in [2.24, 2.45) is 0 Å². The highest BCUT2D eigenvalue weighted by Gasteiger charge is 2.26. The van der Waals surface area contributed by atoms with E-state index in [0.29, 0.717) is 17.5 Å². The number of carbonyl (C=O) groups excluding carboxylic acids is 1. The Kier molecular flexibility index (Phi) is 6.89. The average molecular weight is 376 g/mol. The molecule has 2 aliphatic heterocycles. The Morgan fingerprint density at radius 1 is 1.11 bits per heavy atom. The van der Waals surface area contributed by atoms with Gasteiger partial charge in [0, 0.05) is 37.9 Å². The summed E-state index contributed by atoms with van der Waals surface area (Å²) in [5.74, 6) is -0.302. The highest BCUT2D eigenvalue weighted by atomic mass is 16.5. The van der Waals surface area contributed by atoms with Gasteiger partial charge in [-0.15, -0.1) is 0 Å². The summed E-state index contributed by atoms with van der Waals surface area (Å²) in [4.78, 5) is 27.3. The number of hydrogen-bond donors (Lipinski definition) is 3. The zero-order chi connectivity index (χ0) is 19.1. The van der Waals surface area contributed by atoms with Crippen molar-refractivity contribution in [2.75, 3.05) is 51.2 Å². The normalized spacial score (nSPS) is 18.9. The Morgan fingerprint density at radius 3 is 2.41 bits per heavy atom. The van der Waals surface area contributed by atoms with E-state index in [2.05, 4.69) is 15.5 Å². The van der Waals surface area contributed by atoms with Crippen LogP contribution in [-0.4, -0.2) is 78.8 Å². The summed E-state index contributed by atoms with van der Waals surface area (Å²) in [6.07, 6.45) is 2.34. The zero-order valence-corrected chi connectivity index (χ0v) is 15.5. The second-order valence-corrected chi connectivity index (χ2v) is 6.95. The Hall–Kier alpha value is -2.32. The first kappa shape index (κ1) is 19.4. The lowest BCUT2D eigenvalue weighted by Gasteiger charge is -2.40. The summed E-state index contributed by atoms with van der Waals surface area (Å²) in [5.41, 5.74) is 0.700. The van der Waals surface area contributed by atoms with Crippen molar-refractivity contribution in [1.29, 1.82) is 0 Å². The van der Waals surface area contributed by atoms with Gasteiger partial charge >= 0.3 is 12.0 Å². The van der Waals surface area contributed by atoms with Crippen LogP contribution in [-0.2, 0) is 4.79 Å². The first-order valence-electron chi connectivity index (χ1n) is 9.57. The van der Waals surface area contributed by atoms with Crippen LogP contribution in [0.4, 0.5) is 10.5 Å². The third kappa shape index (κ3) is 5.83. The summed E-state index contributed by atoms with van der Waals surface area (Å²) >= 11 is 0. The van der Waals surface area contributed by atoms with Crippen LogP contribution < -0.4 is 15.4 Å². The molecule has 8 heteroatoms. The van der Waals surface area contributed by atoms with Crippen molar-refractivity contribution in [3.05, 3.63) is 24.3 Å². The molecule has 1 aromatic rings. The van der Waals surface area contributed by atoms with Gasteiger partial charge in [0.05, 0.1) is 13.0 Å². The number of carbonyl (C=O) groups is 2. The van der Waals surface area contributed by atoms with Gasteiger partial charge in [-0.3, -0.25) is 9.69 Å². The topological polar surface area (TPSA) is 94.1 Å². The maximum Gasteiger partial charge on any atom is 0.321 e. The molecule has 0 saturated carbocycles. The minimum atomic E-state index is -0.890. The van der Waals surface area contributed by atoms with Crippen molar-refractivity contribution < 1.29 is 19.4 Å². The van der Waals surface area contributed by atoms with Crippen molar-refractivity contribution in [2.45, 2.75) is 25.3 Å². The number of carboxylic acids is 1. The molecule has 0 atom stereocenters. The predicted octanol–water partition coefficient (Wildman–Crippen LogP) is 1.44. The molecular formula is C19H28N4O4.